The number of carbonyl (C=O) groups is 1. The summed E-state index contributed by atoms with van der Waals surface area (Å²) < 4.78 is 2.20. The summed E-state index contributed by atoms with van der Waals surface area (Å²) in [5, 5.41) is 12.1. The number of hydrogen-bond donors (Lipinski definition) is 1. The molecule has 7 heteroatoms. The smallest absolute Gasteiger partial charge is 0.251 e. The zero-order valence-corrected chi connectivity index (χ0v) is 20.9. The predicted molar refractivity (Wildman–Crippen MR) is 142 cm³/mol. The fourth-order valence-corrected chi connectivity index (χ4v) is 5.49. The molecule has 2 heterocycles. The molecule has 1 aliphatic heterocycles. The van der Waals surface area contributed by atoms with Crippen molar-refractivity contribution in [2.45, 2.75) is 63.2 Å². The molecular formula is C29H38N6O. The van der Waals surface area contributed by atoms with Crippen LogP contribution in [0.1, 0.15) is 66.9 Å². The highest BCUT2D eigenvalue weighted by Crippen LogP contribution is 2.30. The molecule has 1 aromatic heterocycles. The van der Waals surface area contributed by atoms with Crippen molar-refractivity contribution in [3.8, 4) is 0 Å². The Bertz CT molecular complexity index is 1150. The van der Waals surface area contributed by atoms with Crippen LogP contribution in [0.5, 0.6) is 0 Å². The van der Waals surface area contributed by atoms with E-state index in [1.807, 2.05) is 18.5 Å². The Morgan fingerprint density at radius 2 is 1.69 bits per heavy atom. The van der Waals surface area contributed by atoms with Gasteiger partial charge < -0.3 is 9.88 Å². The first kappa shape index (κ1) is 23.4. The van der Waals surface area contributed by atoms with Crippen LogP contribution in [0.3, 0.4) is 0 Å². The topological polar surface area (TPSA) is 66.3 Å². The Morgan fingerprint density at radius 3 is 2.36 bits per heavy atom. The highest BCUT2D eigenvalue weighted by atomic mass is 16.1. The zero-order valence-electron chi connectivity index (χ0n) is 20.9. The summed E-state index contributed by atoms with van der Waals surface area (Å²) in [6.07, 6.45) is 9.01. The highest BCUT2D eigenvalue weighted by Gasteiger charge is 2.33. The van der Waals surface area contributed by atoms with Gasteiger partial charge in [-0.15, -0.1) is 10.2 Å². The maximum atomic E-state index is 12.5. The van der Waals surface area contributed by atoms with Crippen molar-refractivity contribution in [1.29, 1.82) is 0 Å². The number of aromatic nitrogens is 3. The van der Waals surface area contributed by atoms with Crippen LogP contribution < -0.4 is 5.32 Å². The van der Waals surface area contributed by atoms with Gasteiger partial charge in [-0.25, -0.2) is 0 Å². The minimum atomic E-state index is 0. The quantitative estimate of drug-likeness (QED) is 0.497. The molecule has 2 aliphatic carbocycles. The second-order valence-corrected chi connectivity index (χ2v) is 10.6. The predicted octanol–water partition coefficient (Wildman–Crippen LogP) is 3.92. The molecule has 3 aromatic rings. The van der Waals surface area contributed by atoms with Gasteiger partial charge in [0, 0.05) is 45.3 Å². The van der Waals surface area contributed by atoms with Crippen molar-refractivity contribution in [1.82, 2.24) is 29.9 Å². The molecule has 7 nitrogen and oxygen atoms in total. The van der Waals surface area contributed by atoms with Crippen LogP contribution in [-0.4, -0.2) is 68.7 Å². The molecule has 1 unspecified atom stereocenters. The summed E-state index contributed by atoms with van der Waals surface area (Å²) in [6, 6.07) is 20.0. The Kier molecular flexibility index (Phi) is 6.84. The van der Waals surface area contributed by atoms with E-state index in [9.17, 15) is 4.79 Å². The lowest BCUT2D eigenvalue weighted by molar-refractivity contribution is 0.0397. The summed E-state index contributed by atoms with van der Waals surface area (Å²) in [5.74, 6) is 1.06. The van der Waals surface area contributed by atoms with E-state index in [2.05, 4.69) is 72.3 Å². The van der Waals surface area contributed by atoms with Gasteiger partial charge in [0.25, 0.3) is 5.91 Å². The molecule has 1 saturated heterocycles. The monoisotopic (exact) mass is 486 g/mol. The molecule has 3 fully saturated rings. The number of benzene rings is 2. The van der Waals surface area contributed by atoms with E-state index in [1.54, 1.807) is 0 Å². The lowest BCUT2D eigenvalue weighted by Gasteiger charge is -2.44. The van der Waals surface area contributed by atoms with Gasteiger partial charge in [0.2, 0.25) is 0 Å². The van der Waals surface area contributed by atoms with Crippen molar-refractivity contribution >= 4 is 5.91 Å². The Labute approximate surface area is 215 Å². The second kappa shape index (κ2) is 10.5. The van der Waals surface area contributed by atoms with Gasteiger partial charge in [0.1, 0.15) is 6.33 Å². The third-order valence-electron chi connectivity index (χ3n) is 8.08. The van der Waals surface area contributed by atoms with E-state index in [-0.39, 0.29) is 13.4 Å². The van der Waals surface area contributed by atoms with Crippen molar-refractivity contribution in [3.63, 3.8) is 0 Å². The van der Waals surface area contributed by atoms with Gasteiger partial charge in [-0.05, 0) is 55.4 Å². The number of rotatable bonds is 9. The fraction of sp³-hybridized carbons (Fsp3) is 0.483. The molecule has 0 bridgehead atoms. The van der Waals surface area contributed by atoms with Crippen LogP contribution in [0, 0.1) is 0 Å². The van der Waals surface area contributed by atoms with Crippen LogP contribution in [-0.2, 0) is 13.0 Å². The Hall–Kier alpha value is -3.03. The lowest BCUT2D eigenvalue weighted by Crippen LogP contribution is -2.53. The third-order valence-corrected chi connectivity index (χ3v) is 8.08. The zero-order chi connectivity index (χ0) is 24.3. The SMILES string of the molecule is O=C(NC1CC1)c1ccc(CC(c2nncn2Cc2ccccc2)N2CCN(C3CCC3)CC2)cc1.[HH]. The Balaban J connectivity index is 0.00000280. The van der Waals surface area contributed by atoms with Crippen molar-refractivity contribution in [2.24, 2.45) is 0 Å². The molecule has 2 aromatic carbocycles. The second-order valence-electron chi connectivity index (χ2n) is 10.6. The lowest BCUT2D eigenvalue weighted by atomic mass is 9.91. The molecule has 2 saturated carbocycles. The molecular weight excluding hydrogens is 448 g/mol. The van der Waals surface area contributed by atoms with Crippen LogP contribution in [0.25, 0.3) is 0 Å². The standard InChI is InChI=1S/C29H36N6O.H2/c36-29(31-25-13-14-25)24-11-9-22(10-12-24)19-27(34-17-15-33(16-18-34)26-7-4-8-26)28-32-30-21-35(28)20-23-5-2-1-3-6-23;/h1-3,5-6,9-12,21,25-27H,4,7-8,13-20H2,(H,31,36);1H. The van der Waals surface area contributed by atoms with E-state index < -0.39 is 0 Å². The van der Waals surface area contributed by atoms with E-state index in [0.29, 0.717) is 6.04 Å². The molecule has 0 radical (unpaired) electrons. The van der Waals surface area contributed by atoms with E-state index in [0.717, 1.165) is 69.4 Å². The highest BCUT2D eigenvalue weighted by molar-refractivity contribution is 5.94. The average molecular weight is 487 g/mol. The molecule has 190 valence electrons. The summed E-state index contributed by atoms with van der Waals surface area (Å²) in [4.78, 5) is 17.7. The summed E-state index contributed by atoms with van der Waals surface area (Å²) in [7, 11) is 0. The average Bonchev–Trinajstić information content (AvgIpc) is 3.58. The van der Waals surface area contributed by atoms with E-state index in [4.69, 9.17) is 0 Å². The van der Waals surface area contributed by atoms with Gasteiger partial charge in [0.05, 0.1) is 12.6 Å². The maximum Gasteiger partial charge on any atom is 0.251 e. The van der Waals surface area contributed by atoms with Gasteiger partial charge in [-0.2, -0.15) is 0 Å². The first-order valence-electron chi connectivity index (χ1n) is 13.5. The first-order valence-corrected chi connectivity index (χ1v) is 13.5. The number of nitrogens with one attached hydrogen (secondary N) is 1. The van der Waals surface area contributed by atoms with Crippen molar-refractivity contribution < 1.29 is 6.22 Å². The summed E-state index contributed by atoms with van der Waals surface area (Å²) >= 11 is 0. The molecule has 1 amide bonds. The minimum absolute atomic E-state index is 0. The summed E-state index contributed by atoms with van der Waals surface area (Å²) in [5.41, 5.74) is 3.21. The number of nitrogens with zero attached hydrogens (tertiary/aromatic N) is 5. The minimum Gasteiger partial charge on any atom is -0.349 e. The van der Waals surface area contributed by atoms with Crippen LogP contribution in [0.2, 0.25) is 0 Å². The molecule has 3 aliphatic rings. The molecule has 0 spiro atoms. The molecule has 1 N–H and O–H groups in total. The van der Waals surface area contributed by atoms with Gasteiger partial charge in [-0.1, -0.05) is 48.9 Å². The fourth-order valence-electron chi connectivity index (χ4n) is 5.49. The van der Waals surface area contributed by atoms with E-state index >= 15 is 0 Å². The van der Waals surface area contributed by atoms with Crippen LogP contribution in [0.4, 0.5) is 0 Å². The van der Waals surface area contributed by atoms with Crippen LogP contribution >= 0.6 is 0 Å². The largest absolute Gasteiger partial charge is 0.349 e. The molecule has 36 heavy (non-hydrogen) atoms. The normalized spacial score (nSPS) is 20.1. The van der Waals surface area contributed by atoms with Gasteiger partial charge in [0.15, 0.2) is 5.82 Å². The first-order chi connectivity index (χ1) is 17.7. The van der Waals surface area contributed by atoms with Crippen LogP contribution in [0.15, 0.2) is 60.9 Å². The van der Waals surface area contributed by atoms with E-state index in [1.165, 1.54) is 30.4 Å². The maximum absolute atomic E-state index is 12.5. The third kappa shape index (κ3) is 5.37. The number of amides is 1. The molecule has 1 atom stereocenters. The van der Waals surface area contributed by atoms with Crippen molar-refractivity contribution in [3.05, 3.63) is 83.4 Å². The Morgan fingerprint density at radius 1 is 0.944 bits per heavy atom. The van der Waals surface area contributed by atoms with Gasteiger partial charge in [-0.3, -0.25) is 14.6 Å². The molecule has 6 rings (SSSR count). The van der Waals surface area contributed by atoms with Gasteiger partial charge >= 0.3 is 0 Å². The number of piperazine rings is 1. The summed E-state index contributed by atoms with van der Waals surface area (Å²) in [6.45, 7) is 5.09. The van der Waals surface area contributed by atoms with Crippen molar-refractivity contribution in [2.75, 3.05) is 26.2 Å². The number of carbonyl (C=O) groups excluding carboxylic acids is 1. The number of hydrogen-bond acceptors (Lipinski definition) is 5.